The van der Waals surface area contributed by atoms with Gasteiger partial charge in [-0.3, -0.25) is 9.59 Å². The number of nitrogens with zero attached hydrogens (tertiary/aromatic N) is 2. The maximum absolute atomic E-state index is 13.4. The van der Waals surface area contributed by atoms with Gasteiger partial charge in [0.25, 0.3) is 0 Å². The summed E-state index contributed by atoms with van der Waals surface area (Å²) in [6.45, 7) is 0.866. The van der Waals surface area contributed by atoms with Crippen molar-refractivity contribution >= 4 is 17.5 Å². The van der Waals surface area contributed by atoms with Crippen molar-refractivity contribution in [1.29, 1.82) is 5.26 Å². The van der Waals surface area contributed by atoms with Crippen LogP contribution >= 0.6 is 0 Å². The fourth-order valence-electron chi connectivity index (χ4n) is 3.10. The Bertz CT molecular complexity index is 858. The number of carbonyl (C=O) groups excluding carboxylic acids is 2. The first-order valence-corrected chi connectivity index (χ1v) is 8.38. The first-order valence-electron chi connectivity index (χ1n) is 8.38. The van der Waals surface area contributed by atoms with Crippen molar-refractivity contribution < 1.29 is 14.0 Å². The first-order chi connectivity index (χ1) is 12.6. The van der Waals surface area contributed by atoms with Crippen molar-refractivity contribution in [2.45, 2.75) is 18.8 Å². The topological polar surface area (TPSA) is 73.2 Å². The van der Waals surface area contributed by atoms with Gasteiger partial charge in [0.2, 0.25) is 0 Å². The van der Waals surface area contributed by atoms with E-state index in [4.69, 9.17) is 5.26 Å². The second kappa shape index (κ2) is 7.79. The van der Waals surface area contributed by atoms with Crippen LogP contribution in [0.2, 0.25) is 0 Å². The summed E-state index contributed by atoms with van der Waals surface area (Å²) in [5, 5.41) is 11.2. The van der Waals surface area contributed by atoms with Crippen molar-refractivity contribution in [1.82, 2.24) is 4.90 Å². The molecule has 132 valence electrons. The fourth-order valence-corrected chi connectivity index (χ4v) is 3.10. The van der Waals surface area contributed by atoms with Gasteiger partial charge in [-0.2, -0.15) is 5.26 Å². The van der Waals surface area contributed by atoms with E-state index < -0.39 is 11.8 Å². The summed E-state index contributed by atoms with van der Waals surface area (Å²) in [5.74, 6) is -1.56. The smallest absolute Gasteiger partial charge is 0.313 e. The summed E-state index contributed by atoms with van der Waals surface area (Å²) >= 11 is 0. The largest absolute Gasteiger partial charge is 0.334 e. The molecule has 1 heterocycles. The number of benzene rings is 2. The summed E-state index contributed by atoms with van der Waals surface area (Å²) in [6.07, 6.45) is 0.994. The Balaban J connectivity index is 1.59. The van der Waals surface area contributed by atoms with Crippen LogP contribution in [-0.4, -0.2) is 29.8 Å². The third kappa shape index (κ3) is 4.06. The molecule has 1 N–H and O–H groups in total. The molecule has 1 aliphatic rings. The molecule has 1 aliphatic heterocycles. The summed E-state index contributed by atoms with van der Waals surface area (Å²) < 4.78 is 13.4. The van der Waals surface area contributed by atoms with Gasteiger partial charge in [-0.15, -0.1) is 0 Å². The molecule has 2 aromatic carbocycles. The molecule has 0 saturated carbocycles. The van der Waals surface area contributed by atoms with Crippen molar-refractivity contribution in [2.24, 2.45) is 0 Å². The van der Waals surface area contributed by atoms with Crippen LogP contribution < -0.4 is 5.32 Å². The predicted molar refractivity (Wildman–Crippen MR) is 94.7 cm³/mol. The molecule has 2 aromatic rings. The zero-order chi connectivity index (χ0) is 18.5. The molecule has 1 atom stereocenters. The van der Waals surface area contributed by atoms with Gasteiger partial charge >= 0.3 is 11.8 Å². The number of amides is 2. The van der Waals surface area contributed by atoms with E-state index >= 15 is 0 Å². The van der Waals surface area contributed by atoms with Crippen LogP contribution in [0.3, 0.4) is 0 Å². The van der Waals surface area contributed by atoms with Gasteiger partial charge in [-0.05, 0) is 41.8 Å². The molecule has 0 aliphatic carbocycles. The van der Waals surface area contributed by atoms with Crippen molar-refractivity contribution in [3.63, 3.8) is 0 Å². The number of nitrogens with one attached hydrogen (secondary N) is 1. The number of carbonyl (C=O) groups is 2. The van der Waals surface area contributed by atoms with Gasteiger partial charge in [-0.25, -0.2) is 4.39 Å². The van der Waals surface area contributed by atoms with E-state index in [0.29, 0.717) is 31.6 Å². The number of hydrogen-bond acceptors (Lipinski definition) is 3. The second-order valence-corrected chi connectivity index (χ2v) is 6.28. The average molecular weight is 351 g/mol. The van der Waals surface area contributed by atoms with E-state index in [9.17, 15) is 14.0 Å². The van der Waals surface area contributed by atoms with Crippen LogP contribution in [0.5, 0.6) is 0 Å². The molecular weight excluding hydrogens is 333 g/mol. The minimum atomic E-state index is -0.696. The maximum Gasteiger partial charge on any atom is 0.313 e. The van der Waals surface area contributed by atoms with Crippen molar-refractivity contribution in [3.8, 4) is 6.07 Å². The lowest BCUT2D eigenvalue weighted by molar-refractivity contribution is -0.142. The summed E-state index contributed by atoms with van der Waals surface area (Å²) in [4.78, 5) is 26.0. The van der Waals surface area contributed by atoms with Crippen LogP contribution in [0.1, 0.15) is 23.5 Å². The van der Waals surface area contributed by atoms with E-state index in [-0.39, 0.29) is 11.7 Å². The molecule has 2 amide bonds. The summed E-state index contributed by atoms with van der Waals surface area (Å²) in [7, 11) is 0. The van der Waals surface area contributed by atoms with Crippen molar-refractivity contribution in [3.05, 3.63) is 65.5 Å². The van der Waals surface area contributed by atoms with E-state index in [1.54, 1.807) is 30.3 Å². The molecule has 0 bridgehead atoms. The highest BCUT2D eigenvalue weighted by molar-refractivity contribution is 6.39. The highest BCUT2D eigenvalue weighted by Crippen LogP contribution is 2.27. The fraction of sp³-hybridized carbons (Fsp3) is 0.250. The van der Waals surface area contributed by atoms with Crippen LogP contribution in [0.4, 0.5) is 10.1 Å². The van der Waals surface area contributed by atoms with Gasteiger partial charge in [0.05, 0.1) is 12.5 Å². The molecule has 1 fully saturated rings. The third-order valence-corrected chi connectivity index (χ3v) is 4.48. The number of nitriles is 1. The molecule has 0 radical (unpaired) electrons. The SMILES string of the molecule is N#CCc1ccc(NC(=O)C(=O)N2CCC(c3cccc(F)c3)C2)cc1. The lowest BCUT2D eigenvalue weighted by atomic mass is 9.98. The van der Waals surface area contributed by atoms with Gasteiger partial charge in [0.1, 0.15) is 5.82 Å². The van der Waals surface area contributed by atoms with E-state index in [1.165, 1.54) is 17.0 Å². The van der Waals surface area contributed by atoms with E-state index in [1.807, 2.05) is 12.1 Å². The molecule has 1 unspecified atom stereocenters. The zero-order valence-electron chi connectivity index (χ0n) is 14.1. The van der Waals surface area contributed by atoms with Crippen LogP contribution in [-0.2, 0) is 16.0 Å². The molecule has 3 rings (SSSR count). The molecule has 6 heteroatoms. The van der Waals surface area contributed by atoms with Crippen LogP contribution in [0.25, 0.3) is 0 Å². The molecule has 1 saturated heterocycles. The normalized spacial score (nSPS) is 16.2. The maximum atomic E-state index is 13.4. The first kappa shape index (κ1) is 17.6. The van der Waals surface area contributed by atoms with Gasteiger partial charge < -0.3 is 10.2 Å². The van der Waals surface area contributed by atoms with Crippen molar-refractivity contribution in [2.75, 3.05) is 18.4 Å². The van der Waals surface area contributed by atoms with E-state index in [2.05, 4.69) is 5.32 Å². The zero-order valence-corrected chi connectivity index (χ0v) is 14.1. The molecular formula is C20H18FN3O2. The average Bonchev–Trinajstić information content (AvgIpc) is 3.13. The van der Waals surface area contributed by atoms with Gasteiger partial charge in [-0.1, -0.05) is 24.3 Å². The number of rotatable bonds is 3. The predicted octanol–water partition coefficient (Wildman–Crippen LogP) is 2.85. The van der Waals surface area contributed by atoms with Gasteiger partial charge in [0.15, 0.2) is 0 Å². The second-order valence-electron chi connectivity index (χ2n) is 6.28. The summed E-state index contributed by atoms with van der Waals surface area (Å²) in [5.41, 5.74) is 2.19. The molecule has 0 spiro atoms. The number of likely N-dealkylation sites (tertiary alicyclic amines) is 1. The van der Waals surface area contributed by atoms with Crippen LogP contribution in [0.15, 0.2) is 48.5 Å². The summed E-state index contributed by atoms with van der Waals surface area (Å²) in [6, 6.07) is 15.2. The number of halogens is 1. The lowest BCUT2D eigenvalue weighted by Gasteiger charge is -2.16. The highest BCUT2D eigenvalue weighted by atomic mass is 19.1. The third-order valence-electron chi connectivity index (χ3n) is 4.48. The lowest BCUT2D eigenvalue weighted by Crippen LogP contribution is -2.38. The monoisotopic (exact) mass is 351 g/mol. The molecule has 0 aromatic heterocycles. The Morgan fingerprint density at radius 3 is 2.69 bits per heavy atom. The minimum absolute atomic E-state index is 0.0349. The Morgan fingerprint density at radius 2 is 2.00 bits per heavy atom. The van der Waals surface area contributed by atoms with E-state index in [0.717, 1.165) is 11.1 Å². The van der Waals surface area contributed by atoms with Gasteiger partial charge in [0, 0.05) is 24.7 Å². The molecule has 5 nitrogen and oxygen atoms in total. The number of anilines is 1. The highest BCUT2D eigenvalue weighted by Gasteiger charge is 2.31. The molecule has 26 heavy (non-hydrogen) atoms. The standard InChI is InChI=1S/C20H18FN3O2/c21-17-3-1-2-15(12-17)16-9-11-24(13-16)20(26)19(25)23-18-6-4-14(5-7-18)8-10-22/h1-7,12,16H,8-9,11,13H2,(H,23,25). The Hall–Kier alpha value is -3.20. The Labute approximate surface area is 151 Å². The minimum Gasteiger partial charge on any atom is -0.334 e. The number of hydrogen-bond donors (Lipinski definition) is 1. The Morgan fingerprint density at radius 1 is 1.23 bits per heavy atom. The Kier molecular flexibility index (Phi) is 5.28. The quantitative estimate of drug-likeness (QED) is 0.864. The van der Waals surface area contributed by atoms with Crippen LogP contribution in [0, 0.1) is 17.1 Å².